The molecule has 152 valence electrons. The van der Waals surface area contributed by atoms with E-state index < -0.39 is 0 Å². The second-order valence-corrected chi connectivity index (χ2v) is 9.37. The van der Waals surface area contributed by atoms with Crippen LogP contribution in [0.4, 0.5) is 0 Å². The van der Waals surface area contributed by atoms with Gasteiger partial charge < -0.3 is 4.74 Å². The van der Waals surface area contributed by atoms with E-state index in [4.69, 9.17) is 4.74 Å². The molecule has 2 aliphatic rings. The topological polar surface area (TPSA) is 9.23 Å². The summed E-state index contributed by atoms with van der Waals surface area (Å²) in [4.78, 5) is 0. The van der Waals surface area contributed by atoms with Gasteiger partial charge in [-0.25, -0.2) is 0 Å². The van der Waals surface area contributed by atoms with Crippen molar-refractivity contribution in [2.75, 3.05) is 0 Å². The summed E-state index contributed by atoms with van der Waals surface area (Å²) in [5.41, 5.74) is 10.4. The predicted octanol–water partition coefficient (Wildman–Crippen LogP) is 8.59. The molecular weight excluding hydrogens is 388 g/mol. The summed E-state index contributed by atoms with van der Waals surface area (Å²) < 4.78 is 6.32. The number of benzene rings is 5. The summed E-state index contributed by atoms with van der Waals surface area (Å²) >= 11 is 0. The molecule has 5 aromatic carbocycles. The Morgan fingerprint density at radius 1 is 0.562 bits per heavy atom. The lowest BCUT2D eigenvalue weighted by molar-refractivity contribution is 0.487. The van der Waals surface area contributed by atoms with E-state index in [-0.39, 0.29) is 5.41 Å². The van der Waals surface area contributed by atoms with Crippen LogP contribution in [-0.4, -0.2) is 0 Å². The molecule has 0 N–H and O–H groups in total. The van der Waals surface area contributed by atoms with E-state index in [1.807, 2.05) is 0 Å². The van der Waals surface area contributed by atoms with Crippen LogP contribution in [0.15, 0.2) is 97.1 Å². The lowest BCUT2D eigenvalue weighted by Crippen LogP contribution is -2.14. The zero-order chi connectivity index (χ0) is 21.4. The molecule has 0 spiro atoms. The number of rotatable bonds is 1. The van der Waals surface area contributed by atoms with Gasteiger partial charge in [-0.05, 0) is 62.5 Å². The van der Waals surface area contributed by atoms with Gasteiger partial charge in [0.15, 0.2) is 0 Å². The van der Waals surface area contributed by atoms with Gasteiger partial charge >= 0.3 is 0 Å². The highest BCUT2D eigenvalue weighted by Crippen LogP contribution is 2.53. The van der Waals surface area contributed by atoms with E-state index in [9.17, 15) is 0 Å². The fraction of sp³-hybridized carbons (Fsp3) is 0.0968. The first kappa shape index (κ1) is 17.8. The average Bonchev–Trinajstić information content (AvgIpc) is 3.07. The summed E-state index contributed by atoms with van der Waals surface area (Å²) in [6, 6.07) is 35.0. The van der Waals surface area contributed by atoms with Crippen LogP contribution in [0, 0.1) is 0 Å². The molecule has 0 bridgehead atoms. The van der Waals surface area contributed by atoms with Gasteiger partial charge in [-0.1, -0.05) is 92.7 Å². The number of fused-ring (bicyclic) bond motifs is 5. The molecule has 1 aliphatic carbocycles. The van der Waals surface area contributed by atoms with Crippen LogP contribution in [0.5, 0.6) is 11.5 Å². The minimum atomic E-state index is 0.00376. The number of hydrogen-bond acceptors (Lipinski definition) is 1. The molecule has 0 saturated heterocycles. The molecular formula is C31H22O. The van der Waals surface area contributed by atoms with E-state index in [2.05, 4.69) is 111 Å². The third-order valence-electron chi connectivity index (χ3n) is 7.27. The molecule has 0 radical (unpaired) electrons. The van der Waals surface area contributed by atoms with E-state index in [0.717, 1.165) is 17.1 Å². The molecule has 0 atom stereocenters. The SMILES string of the molecule is CC1(C)c2ccccc2-c2c(-c3ccc4c(c3)-c3cccc5cccc(c35)O4)cccc21. The standard InChI is InChI=1S/C31H22O/c1-31(2)25-13-4-3-10-23(25)30-21(11-7-14-26(30)31)20-16-17-27-24(18-20)22-12-5-8-19-9-6-15-28(32-27)29(19)22/h3-18H,1-2H3. The van der Waals surface area contributed by atoms with Crippen LogP contribution in [0.3, 0.4) is 0 Å². The minimum Gasteiger partial charge on any atom is -0.456 e. The Labute approximate surface area is 187 Å². The molecule has 0 aromatic heterocycles. The normalized spacial score (nSPS) is 14.4. The summed E-state index contributed by atoms with van der Waals surface area (Å²) in [5.74, 6) is 1.86. The number of ether oxygens (including phenoxy) is 1. The van der Waals surface area contributed by atoms with Crippen molar-refractivity contribution < 1.29 is 4.74 Å². The zero-order valence-electron chi connectivity index (χ0n) is 18.1. The van der Waals surface area contributed by atoms with E-state index >= 15 is 0 Å². The summed E-state index contributed by atoms with van der Waals surface area (Å²) in [6.45, 7) is 4.67. The molecule has 1 heteroatoms. The maximum Gasteiger partial charge on any atom is 0.135 e. The molecule has 0 amide bonds. The molecule has 1 nitrogen and oxygen atoms in total. The molecule has 0 fully saturated rings. The van der Waals surface area contributed by atoms with Crippen molar-refractivity contribution in [1.29, 1.82) is 0 Å². The molecule has 32 heavy (non-hydrogen) atoms. The highest BCUT2D eigenvalue weighted by Gasteiger charge is 2.36. The summed E-state index contributed by atoms with van der Waals surface area (Å²) in [6.07, 6.45) is 0. The van der Waals surface area contributed by atoms with Crippen LogP contribution in [0.2, 0.25) is 0 Å². The Kier molecular flexibility index (Phi) is 3.40. The average molecular weight is 411 g/mol. The fourth-order valence-corrected chi connectivity index (χ4v) is 5.73. The predicted molar refractivity (Wildman–Crippen MR) is 132 cm³/mol. The number of hydrogen-bond donors (Lipinski definition) is 0. The molecule has 0 saturated carbocycles. The van der Waals surface area contributed by atoms with Crippen molar-refractivity contribution >= 4 is 10.8 Å². The van der Waals surface area contributed by atoms with Gasteiger partial charge in [-0.2, -0.15) is 0 Å². The van der Waals surface area contributed by atoms with Gasteiger partial charge in [0.05, 0.1) is 0 Å². The van der Waals surface area contributed by atoms with Gasteiger partial charge in [-0.3, -0.25) is 0 Å². The third-order valence-corrected chi connectivity index (χ3v) is 7.27. The van der Waals surface area contributed by atoms with Crippen LogP contribution < -0.4 is 4.74 Å². The quantitative estimate of drug-likeness (QED) is 0.264. The van der Waals surface area contributed by atoms with Gasteiger partial charge in [0, 0.05) is 16.4 Å². The minimum absolute atomic E-state index is 0.00376. The Morgan fingerprint density at radius 3 is 2.19 bits per heavy atom. The first-order valence-corrected chi connectivity index (χ1v) is 11.2. The third kappa shape index (κ3) is 2.23. The smallest absolute Gasteiger partial charge is 0.135 e. The molecule has 1 aliphatic heterocycles. The first-order valence-electron chi connectivity index (χ1n) is 11.2. The Morgan fingerprint density at radius 2 is 1.28 bits per heavy atom. The van der Waals surface area contributed by atoms with Crippen molar-refractivity contribution in [3.8, 4) is 44.9 Å². The first-order chi connectivity index (χ1) is 15.6. The Bertz CT molecular complexity index is 1570. The fourth-order valence-electron chi connectivity index (χ4n) is 5.73. The highest BCUT2D eigenvalue weighted by molar-refractivity contribution is 6.05. The van der Waals surface area contributed by atoms with Crippen molar-refractivity contribution in [3.63, 3.8) is 0 Å². The Balaban J connectivity index is 1.49. The molecule has 1 heterocycles. The van der Waals surface area contributed by atoms with Crippen molar-refractivity contribution in [2.45, 2.75) is 19.3 Å². The van der Waals surface area contributed by atoms with Crippen molar-refractivity contribution in [1.82, 2.24) is 0 Å². The summed E-state index contributed by atoms with van der Waals surface area (Å²) in [5, 5.41) is 2.41. The maximum atomic E-state index is 6.32. The second-order valence-electron chi connectivity index (χ2n) is 9.37. The van der Waals surface area contributed by atoms with Gasteiger partial charge in [0.1, 0.15) is 11.5 Å². The van der Waals surface area contributed by atoms with Gasteiger partial charge in [0.25, 0.3) is 0 Å². The van der Waals surface area contributed by atoms with E-state index in [1.165, 1.54) is 49.7 Å². The van der Waals surface area contributed by atoms with E-state index in [0.29, 0.717) is 0 Å². The monoisotopic (exact) mass is 410 g/mol. The molecule has 7 rings (SSSR count). The van der Waals surface area contributed by atoms with Crippen molar-refractivity contribution in [3.05, 3.63) is 108 Å². The maximum absolute atomic E-state index is 6.32. The van der Waals surface area contributed by atoms with E-state index in [1.54, 1.807) is 0 Å². The lowest BCUT2D eigenvalue weighted by Gasteiger charge is -2.23. The zero-order valence-corrected chi connectivity index (χ0v) is 18.1. The molecule has 0 unspecified atom stereocenters. The largest absolute Gasteiger partial charge is 0.456 e. The highest BCUT2D eigenvalue weighted by atomic mass is 16.5. The lowest BCUT2D eigenvalue weighted by atomic mass is 9.82. The van der Waals surface area contributed by atoms with Gasteiger partial charge in [-0.15, -0.1) is 0 Å². The molecule has 5 aromatic rings. The van der Waals surface area contributed by atoms with Crippen LogP contribution in [0.25, 0.3) is 44.2 Å². The van der Waals surface area contributed by atoms with Gasteiger partial charge in [0.2, 0.25) is 0 Å². The van der Waals surface area contributed by atoms with Crippen molar-refractivity contribution in [2.24, 2.45) is 0 Å². The van der Waals surface area contributed by atoms with Crippen LogP contribution in [-0.2, 0) is 5.41 Å². The van der Waals surface area contributed by atoms with Crippen LogP contribution in [0.1, 0.15) is 25.0 Å². The van der Waals surface area contributed by atoms with Crippen LogP contribution >= 0.6 is 0 Å². The Hall–Kier alpha value is -3.84. The second kappa shape index (κ2) is 6.11. The summed E-state index contributed by atoms with van der Waals surface area (Å²) in [7, 11) is 0.